The second-order valence-electron chi connectivity index (χ2n) is 7.06. The summed E-state index contributed by atoms with van der Waals surface area (Å²) in [5, 5.41) is 12.6. The maximum atomic E-state index is 13.7. The first-order valence-electron chi connectivity index (χ1n) is 9.36. The van der Waals surface area contributed by atoms with Crippen molar-refractivity contribution in [2.24, 2.45) is 0 Å². The number of ether oxygens (including phenoxy) is 3. The lowest BCUT2D eigenvalue weighted by Crippen LogP contribution is -2.58. The van der Waals surface area contributed by atoms with Crippen molar-refractivity contribution < 1.29 is 19.0 Å². The molecule has 0 saturated carbocycles. The lowest BCUT2D eigenvalue weighted by Gasteiger charge is -2.39. The number of rotatable bonds is 6. The molecule has 1 aliphatic heterocycles. The number of methoxy groups -OCH3 is 2. The smallest absolute Gasteiger partial charge is 0.227 e. The van der Waals surface area contributed by atoms with Crippen molar-refractivity contribution in [1.82, 2.24) is 15.3 Å². The molecule has 0 aliphatic carbocycles. The molecule has 0 aromatic carbocycles. The van der Waals surface area contributed by atoms with E-state index in [9.17, 15) is 10.1 Å². The van der Waals surface area contributed by atoms with Gasteiger partial charge in [0.15, 0.2) is 5.60 Å². The summed E-state index contributed by atoms with van der Waals surface area (Å²) in [4.78, 5) is 22.2. The number of ketones is 1. The van der Waals surface area contributed by atoms with Crippen LogP contribution in [0.1, 0.15) is 41.3 Å². The summed E-state index contributed by atoms with van der Waals surface area (Å²) in [6.45, 7) is 4.12. The summed E-state index contributed by atoms with van der Waals surface area (Å²) in [6, 6.07) is 7.24. The highest BCUT2D eigenvalue weighted by atomic mass is 16.5. The number of aromatic nitrogens is 2. The van der Waals surface area contributed by atoms with Crippen molar-refractivity contribution in [3.63, 3.8) is 0 Å². The maximum absolute atomic E-state index is 13.7. The Labute approximate surface area is 169 Å². The van der Waals surface area contributed by atoms with Crippen LogP contribution in [0.15, 0.2) is 24.4 Å². The SMILES string of the molecule is COc1ccc(C(=O)[C@@]2(Oc3nccc(C#N)c3C)CC[C@@H](C)NC2)c(OC)n1. The molecule has 2 atom stereocenters. The van der Waals surface area contributed by atoms with Crippen molar-refractivity contribution in [2.75, 3.05) is 20.8 Å². The third kappa shape index (κ3) is 4.00. The fourth-order valence-electron chi connectivity index (χ4n) is 3.34. The molecule has 0 bridgehead atoms. The van der Waals surface area contributed by atoms with Gasteiger partial charge in [-0.2, -0.15) is 10.2 Å². The molecular formula is C21H24N4O4. The van der Waals surface area contributed by atoms with E-state index in [-0.39, 0.29) is 23.6 Å². The summed E-state index contributed by atoms with van der Waals surface area (Å²) in [7, 11) is 2.95. The molecular weight excluding hydrogens is 372 g/mol. The quantitative estimate of drug-likeness (QED) is 0.742. The van der Waals surface area contributed by atoms with Gasteiger partial charge in [0.05, 0.1) is 31.4 Å². The first kappa shape index (κ1) is 20.6. The fraction of sp³-hybridized carbons (Fsp3) is 0.429. The zero-order valence-corrected chi connectivity index (χ0v) is 17.0. The minimum absolute atomic E-state index is 0.173. The Hall–Kier alpha value is -3.18. The number of hydrogen-bond acceptors (Lipinski definition) is 8. The van der Waals surface area contributed by atoms with Gasteiger partial charge >= 0.3 is 0 Å². The van der Waals surface area contributed by atoms with Gasteiger partial charge < -0.3 is 19.5 Å². The van der Waals surface area contributed by atoms with E-state index in [2.05, 4.69) is 28.3 Å². The highest BCUT2D eigenvalue weighted by Gasteiger charge is 2.45. The van der Waals surface area contributed by atoms with Gasteiger partial charge in [-0.05, 0) is 38.8 Å². The minimum Gasteiger partial charge on any atom is -0.481 e. The molecule has 2 aromatic heterocycles. The van der Waals surface area contributed by atoms with Gasteiger partial charge in [0.2, 0.25) is 23.4 Å². The van der Waals surface area contributed by atoms with Gasteiger partial charge in [0, 0.05) is 30.4 Å². The number of nitrogens with one attached hydrogen (secondary N) is 1. The standard InChI is InChI=1S/C21H24N4O4/c1-13-7-9-21(12-24-13,29-19-14(2)15(11-22)8-10-23-19)18(26)16-5-6-17(27-3)25-20(16)28-4/h5-6,8,10,13,24H,7,9,12H2,1-4H3/t13-,21-/m1/s1. The van der Waals surface area contributed by atoms with E-state index in [1.165, 1.54) is 20.4 Å². The third-order valence-corrected chi connectivity index (χ3v) is 5.18. The average Bonchev–Trinajstić information content (AvgIpc) is 2.76. The normalized spacial score (nSPS) is 21.1. The predicted octanol–water partition coefficient (Wildman–Crippen LogP) is 2.45. The zero-order chi connectivity index (χ0) is 21.0. The Balaban J connectivity index is 2.04. The van der Waals surface area contributed by atoms with Crippen LogP contribution < -0.4 is 19.5 Å². The number of pyridine rings is 2. The molecule has 0 radical (unpaired) electrons. The average molecular weight is 396 g/mol. The molecule has 8 nitrogen and oxygen atoms in total. The van der Waals surface area contributed by atoms with Crippen LogP contribution >= 0.6 is 0 Å². The van der Waals surface area contributed by atoms with Crippen LogP contribution in [-0.2, 0) is 0 Å². The van der Waals surface area contributed by atoms with Gasteiger partial charge in [0.1, 0.15) is 0 Å². The molecule has 8 heteroatoms. The van der Waals surface area contributed by atoms with Crippen LogP contribution in [0.3, 0.4) is 0 Å². The first-order chi connectivity index (χ1) is 13.9. The lowest BCUT2D eigenvalue weighted by molar-refractivity contribution is 0.0257. The Morgan fingerprint density at radius 2 is 2.07 bits per heavy atom. The Morgan fingerprint density at radius 3 is 2.69 bits per heavy atom. The summed E-state index contributed by atoms with van der Waals surface area (Å²) in [5.74, 6) is 0.538. The van der Waals surface area contributed by atoms with Crippen LogP contribution in [0.25, 0.3) is 0 Å². The van der Waals surface area contributed by atoms with E-state index in [1.54, 1.807) is 25.1 Å². The van der Waals surface area contributed by atoms with Crippen LogP contribution in [-0.4, -0.2) is 48.2 Å². The van der Waals surface area contributed by atoms with E-state index in [0.717, 1.165) is 6.42 Å². The van der Waals surface area contributed by atoms with Gasteiger partial charge in [-0.3, -0.25) is 4.79 Å². The molecule has 0 unspecified atom stereocenters. The summed E-state index contributed by atoms with van der Waals surface area (Å²) >= 11 is 0. The van der Waals surface area contributed by atoms with E-state index < -0.39 is 5.60 Å². The number of hydrogen-bond donors (Lipinski definition) is 1. The maximum Gasteiger partial charge on any atom is 0.227 e. The van der Waals surface area contributed by atoms with Crippen molar-refractivity contribution in [3.8, 4) is 23.7 Å². The highest BCUT2D eigenvalue weighted by molar-refractivity contribution is 6.04. The lowest BCUT2D eigenvalue weighted by atomic mass is 9.84. The van der Waals surface area contributed by atoms with E-state index in [0.29, 0.717) is 35.5 Å². The monoisotopic (exact) mass is 396 g/mol. The summed E-state index contributed by atoms with van der Waals surface area (Å²) < 4.78 is 16.7. The van der Waals surface area contributed by atoms with Crippen molar-refractivity contribution in [1.29, 1.82) is 5.26 Å². The number of carbonyl (C=O) groups is 1. The molecule has 1 N–H and O–H groups in total. The van der Waals surface area contributed by atoms with Crippen LogP contribution in [0.4, 0.5) is 0 Å². The molecule has 1 fully saturated rings. The Bertz CT molecular complexity index is 946. The molecule has 2 aromatic rings. The molecule has 29 heavy (non-hydrogen) atoms. The van der Waals surface area contributed by atoms with Crippen LogP contribution in [0.5, 0.6) is 17.6 Å². The number of carbonyl (C=O) groups excluding carboxylic acids is 1. The predicted molar refractivity (Wildman–Crippen MR) is 105 cm³/mol. The molecule has 0 spiro atoms. The van der Waals surface area contributed by atoms with Crippen molar-refractivity contribution in [2.45, 2.75) is 38.3 Å². The van der Waals surface area contributed by atoms with Gasteiger partial charge in [-0.1, -0.05) is 0 Å². The van der Waals surface area contributed by atoms with Crippen LogP contribution in [0, 0.1) is 18.3 Å². The van der Waals surface area contributed by atoms with Crippen LogP contribution in [0.2, 0.25) is 0 Å². The number of piperidine rings is 1. The van der Waals surface area contributed by atoms with Gasteiger partial charge in [-0.15, -0.1) is 0 Å². The minimum atomic E-state index is -1.19. The molecule has 1 saturated heterocycles. The number of Topliss-reactive ketones (excluding diaryl/α,β-unsaturated/α-hetero) is 1. The number of nitriles is 1. The second-order valence-corrected chi connectivity index (χ2v) is 7.06. The van der Waals surface area contributed by atoms with E-state index in [1.807, 2.05) is 0 Å². The molecule has 3 heterocycles. The summed E-state index contributed by atoms with van der Waals surface area (Å²) in [6.07, 6.45) is 2.75. The third-order valence-electron chi connectivity index (χ3n) is 5.18. The van der Waals surface area contributed by atoms with Gasteiger partial charge in [-0.25, -0.2) is 4.98 Å². The largest absolute Gasteiger partial charge is 0.481 e. The van der Waals surface area contributed by atoms with Crippen molar-refractivity contribution in [3.05, 3.63) is 41.1 Å². The first-order valence-corrected chi connectivity index (χ1v) is 9.36. The molecule has 0 amide bonds. The van der Waals surface area contributed by atoms with Gasteiger partial charge in [0.25, 0.3) is 0 Å². The Morgan fingerprint density at radius 1 is 1.28 bits per heavy atom. The molecule has 3 rings (SSSR count). The molecule has 1 aliphatic rings. The summed E-state index contributed by atoms with van der Waals surface area (Å²) in [5.41, 5.74) is 0.167. The topological polar surface area (TPSA) is 106 Å². The fourth-order valence-corrected chi connectivity index (χ4v) is 3.34. The zero-order valence-electron chi connectivity index (χ0n) is 17.0. The second kappa shape index (κ2) is 8.45. The van der Waals surface area contributed by atoms with E-state index in [4.69, 9.17) is 14.2 Å². The van der Waals surface area contributed by atoms with E-state index >= 15 is 0 Å². The number of nitrogens with zero attached hydrogens (tertiary/aromatic N) is 3. The van der Waals surface area contributed by atoms with Crippen molar-refractivity contribution >= 4 is 5.78 Å². The highest BCUT2D eigenvalue weighted by Crippen LogP contribution is 2.33. The molecule has 152 valence electrons. The Kier molecular flexibility index (Phi) is 5.99.